The van der Waals surface area contributed by atoms with E-state index in [4.69, 9.17) is 8.60 Å². The van der Waals surface area contributed by atoms with Crippen LogP contribution in [-0.4, -0.2) is 19.2 Å². The van der Waals surface area contributed by atoms with Crippen LogP contribution < -0.4 is 4.18 Å². The summed E-state index contributed by atoms with van der Waals surface area (Å²) in [5.74, 6) is 0.184. The van der Waals surface area contributed by atoms with Crippen LogP contribution in [0.1, 0.15) is 27.2 Å². The van der Waals surface area contributed by atoms with Crippen LogP contribution in [0.2, 0.25) is 0 Å². The Hall–Kier alpha value is -4.05. The molecule has 0 unspecified atom stereocenters. The zero-order valence-electron chi connectivity index (χ0n) is 18.7. The van der Waals surface area contributed by atoms with Crippen molar-refractivity contribution in [3.63, 3.8) is 0 Å². The van der Waals surface area contributed by atoms with E-state index >= 15 is 0 Å². The number of alkyl halides is 3. The molecule has 0 bridgehead atoms. The van der Waals surface area contributed by atoms with E-state index in [0.29, 0.717) is 23.0 Å². The summed E-state index contributed by atoms with van der Waals surface area (Å²) in [6, 6.07) is 21.4. The van der Waals surface area contributed by atoms with Gasteiger partial charge >= 0.3 is 16.3 Å². The first kappa shape index (κ1) is 25.1. The third-order valence-corrected chi connectivity index (χ3v) is 6.41. The van der Waals surface area contributed by atoms with Crippen molar-refractivity contribution in [1.29, 1.82) is 0 Å². The van der Waals surface area contributed by atoms with Crippen molar-refractivity contribution in [2.24, 2.45) is 0 Å². The lowest BCUT2D eigenvalue weighted by atomic mass is 10.1. The van der Waals surface area contributed by atoms with Gasteiger partial charge in [-0.3, -0.25) is 4.79 Å². The molecule has 0 saturated heterocycles. The Morgan fingerprint density at radius 2 is 1.61 bits per heavy atom. The van der Waals surface area contributed by atoms with Crippen molar-refractivity contribution in [2.45, 2.75) is 24.2 Å². The molecule has 1 amide bonds. The van der Waals surface area contributed by atoms with Crippen LogP contribution in [-0.2, 0) is 29.4 Å². The summed E-state index contributed by atoms with van der Waals surface area (Å²) < 4.78 is 74.8. The van der Waals surface area contributed by atoms with Crippen LogP contribution in [0.15, 0.2) is 107 Å². The quantitative estimate of drug-likeness (QED) is 0.273. The highest BCUT2D eigenvalue weighted by molar-refractivity contribution is 7.87. The standard InChI is InChI=1S/C26H20F3NO5S/c27-26(28,29)21-10-5-13-24(16-21)36(32,33)35-22-11-4-7-19(15-22)17-30(18-23-12-6-14-34-23)25(31)20-8-2-1-3-9-20/h1-16H,17-18H2. The largest absolute Gasteiger partial charge is 0.467 e. The Kier molecular flexibility index (Phi) is 7.16. The minimum Gasteiger partial charge on any atom is -0.467 e. The van der Waals surface area contributed by atoms with Gasteiger partial charge in [-0.2, -0.15) is 21.6 Å². The van der Waals surface area contributed by atoms with Crippen molar-refractivity contribution in [3.8, 4) is 5.75 Å². The van der Waals surface area contributed by atoms with Crippen molar-refractivity contribution < 1.29 is 35.0 Å². The van der Waals surface area contributed by atoms with Crippen LogP contribution in [0.4, 0.5) is 13.2 Å². The molecule has 4 rings (SSSR count). The highest BCUT2D eigenvalue weighted by Crippen LogP contribution is 2.31. The van der Waals surface area contributed by atoms with E-state index in [1.165, 1.54) is 29.4 Å². The van der Waals surface area contributed by atoms with E-state index < -0.39 is 26.8 Å². The Balaban J connectivity index is 1.57. The fourth-order valence-corrected chi connectivity index (χ4v) is 4.44. The number of amides is 1. The summed E-state index contributed by atoms with van der Waals surface area (Å²) in [7, 11) is -4.54. The Morgan fingerprint density at radius 1 is 0.861 bits per heavy atom. The van der Waals surface area contributed by atoms with Crippen molar-refractivity contribution in [1.82, 2.24) is 4.90 Å². The molecular weight excluding hydrogens is 495 g/mol. The van der Waals surface area contributed by atoms with Gasteiger partial charge in [0.15, 0.2) is 0 Å². The Labute approximate surface area is 205 Å². The van der Waals surface area contributed by atoms with E-state index in [0.717, 1.165) is 18.2 Å². The molecule has 0 aliphatic carbocycles. The van der Waals surface area contributed by atoms with Gasteiger partial charge in [0.1, 0.15) is 16.4 Å². The molecule has 1 heterocycles. The maximum Gasteiger partial charge on any atom is 0.416 e. The monoisotopic (exact) mass is 515 g/mol. The molecule has 0 N–H and O–H groups in total. The second-order valence-electron chi connectivity index (χ2n) is 7.82. The zero-order valence-corrected chi connectivity index (χ0v) is 19.5. The molecule has 1 aromatic heterocycles. The van der Waals surface area contributed by atoms with Crippen LogP contribution in [0.3, 0.4) is 0 Å². The van der Waals surface area contributed by atoms with Gasteiger partial charge in [-0.25, -0.2) is 0 Å². The molecule has 0 atom stereocenters. The number of carbonyl (C=O) groups is 1. The molecule has 3 aromatic carbocycles. The van der Waals surface area contributed by atoms with E-state index in [2.05, 4.69) is 0 Å². The fraction of sp³-hybridized carbons (Fsp3) is 0.115. The summed E-state index contributed by atoms with van der Waals surface area (Å²) in [4.78, 5) is 14.1. The Morgan fingerprint density at radius 3 is 2.31 bits per heavy atom. The molecule has 10 heteroatoms. The summed E-state index contributed by atoms with van der Waals surface area (Å²) in [5.41, 5.74) is -0.0971. The normalized spacial score (nSPS) is 11.8. The Bertz CT molecular complexity index is 1440. The lowest BCUT2D eigenvalue weighted by Crippen LogP contribution is -2.30. The molecule has 0 fully saturated rings. The van der Waals surface area contributed by atoms with Crippen molar-refractivity contribution in [2.75, 3.05) is 0 Å². The second-order valence-corrected chi connectivity index (χ2v) is 9.36. The first-order valence-corrected chi connectivity index (χ1v) is 12.1. The third-order valence-electron chi connectivity index (χ3n) is 5.16. The van der Waals surface area contributed by atoms with E-state index in [1.807, 2.05) is 0 Å². The molecule has 0 radical (unpaired) electrons. The lowest BCUT2D eigenvalue weighted by Gasteiger charge is -2.22. The maximum atomic E-state index is 13.2. The van der Waals surface area contributed by atoms with Gasteiger partial charge in [0.05, 0.1) is 18.4 Å². The molecule has 0 spiro atoms. The molecule has 0 aliphatic rings. The van der Waals surface area contributed by atoms with Gasteiger partial charge in [0.2, 0.25) is 0 Å². The number of furan rings is 1. The fourth-order valence-electron chi connectivity index (χ4n) is 3.47. The first-order valence-electron chi connectivity index (χ1n) is 10.7. The molecular formula is C26H20F3NO5S. The molecule has 186 valence electrons. The molecule has 4 aromatic rings. The van der Waals surface area contributed by atoms with Crippen LogP contribution in [0.25, 0.3) is 0 Å². The highest BCUT2D eigenvalue weighted by Gasteiger charge is 2.32. The molecule has 0 aliphatic heterocycles. The minimum absolute atomic E-state index is 0.0925. The van der Waals surface area contributed by atoms with Gasteiger partial charge < -0.3 is 13.5 Å². The third kappa shape index (κ3) is 6.14. The first-order chi connectivity index (χ1) is 17.1. The topological polar surface area (TPSA) is 76.8 Å². The molecule has 36 heavy (non-hydrogen) atoms. The van der Waals surface area contributed by atoms with Gasteiger partial charge in [-0.15, -0.1) is 0 Å². The summed E-state index contributed by atoms with van der Waals surface area (Å²) >= 11 is 0. The van der Waals surface area contributed by atoms with E-state index in [9.17, 15) is 26.4 Å². The van der Waals surface area contributed by atoms with Crippen LogP contribution >= 0.6 is 0 Å². The highest BCUT2D eigenvalue weighted by atomic mass is 32.2. The summed E-state index contributed by atoms with van der Waals surface area (Å²) in [6.07, 6.45) is -3.21. The number of hydrogen-bond donors (Lipinski definition) is 0. The van der Waals surface area contributed by atoms with Crippen molar-refractivity contribution in [3.05, 3.63) is 120 Å². The number of rotatable bonds is 8. The molecule has 6 nitrogen and oxygen atoms in total. The van der Waals surface area contributed by atoms with Crippen LogP contribution in [0, 0.1) is 0 Å². The van der Waals surface area contributed by atoms with E-state index in [1.54, 1.807) is 48.5 Å². The smallest absolute Gasteiger partial charge is 0.416 e. The number of hydrogen-bond acceptors (Lipinski definition) is 5. The second kappa shape index (κ2) is 10.3. The average Bonchev–Trinajstić information content (AvgIpc) is 3.36. The van der Waals surface area contributed by atoms with Gasteiger partial charge in [0.25, 0.3) is 5.91 Å². The van der Waals surface area contributed by atoms with Crippen LogP contribution in [0.5, 0.6) is 5.75 Å². The average molecular weight is 516 g/mol. The summed E-state index contributed by atoms with van der Waals surface area (Å²) in [5, 5.41) is 0. The van der Waals surface area contributed by atoms with E-state index in [-0.39, 0.29) is 24.7 Å². The summed E-state index contributed by atoms with van der Waals surface area (Å²) in [6.45, 7) is 0.254. The minimum atomic E-state index is -4.70. The number of halogens is 3. The number of benzene rings is 3. The number of carbonyl (C=O) groups excluding carboxylic acids is 1. The zero-order chi connectivity index (χ0) is 25.8. The van der Waals surface area contributed by atoms with Gasteiger partial charge in [-0.1, -0.05) is 36.4 Å². The predicted molar refractivity (Wildman–Crippen MR) is 124 cm³/mol. The number of nitrogens with zero attached hydrogens (tertiary/aromatic N) is 1. The SMILES string of the molecule is O=C(c1ccccc1)N(Cc1cccc(OS(=O)(=O)c2cccc(C(F)(F)F)c2)c1)Cc1ccco1. The maximum absolute atomic E-state index is 13.2. The lowest BCUT2D eigenvalue weighted by molar-refractivity contribution is -0.137. The predicted octanol–water partition coefficient (Wildman–Crippen LogP) is 5.91. The van der Waals surface area contributed by atoms with Crippen molar-refractivity contribution >= 4 is 16.0 Å². The van der Waals surface area contributed by atoms with Gasteiger partial charge in [-0.05, 0) is 60.2 Å². The molecule has 0 saturated carbocycles. The van der Waals surface area contributed by atoms with Gasteiger partial charge in [0, 0.05) is 12.1 Å².